The van der Waals surface area contributed by atoms with E-state index < -0.39 is 0 Å². The van der Waals surface area contributed by atoms with Crippen LogP contribution in [0.15, 0.2) is 12.2 Å². The molecule has 0 radical (unpaired) electrons. The van der Waals surface area contributed by atoms with Gasteiger partial charge in [-0.3, -0.25) is 0 Å². The average molecular weight is 312 g/mol. The van der Waals surface area contributed by atoms with Gasteiger partial charge < -0.3 is 0 Å². The zero-order chi connectivity index (χ0) is 17.4. The van der Waals surface area contributed by atoms with Gasteiger partial charge in [0.15, 0.2) is 0 Å². The van der Waals surface area contributed by atoms with Gasteiger partial charge in [-0.1, -0.05) is 71.9 Å². The molecule has 1 fully saturated rings. The third kappa shape index (κ3) is 4.22. The second-order valence-electron chi connectivity index (χ2n) is 5.27. The molecule has 1 heteroatoms. The quantitative estimate of drug-likeness (QED) is 0.649. The van der Waals surface area contributed by atoms with Gasteiger partial charge >= 0.3 is 0 Å². The van der Waals surface area contributed by atoms with Crippen LogP contribution in [0.3, 0.4) is 0 Å². The topological polar surface area (TPSA) is 12.9 Å². The van der Waals surface area contributed by atoms with Gasteiger partial charge in [-0.15, -0.1) is 0 Å². The number of hydrogen-bond donors (Lipinski definition) is 0. The number of pyridine rings is 1. The van der Waals surface area contributed by atoms with Crippen molar-refractivity contribution in [2.75, 3.05) is 0 Å². The van der Waals surface area contributed by atoms with Gasteiger partial charge in [0.05, 0.1) is 11.0 Å². The fourth-order valence-corrected chi connectivity index (χ4v) is 2.93. The molecular formula is C22H33N. The fraction of sp³-hybridized carbons (Fsp3) is 0.500. The number of rotatable bonds is 0. The molecule has 2 atom stereocenters. The molecule has 3 aliphatic carbocycles. The highest BCUT2D eigenvalue weighted by atomic mass is 14.7. The first-order valence-electron chi connectivity index (χ1n) is 9.40. The Bertz CT molecular complexity index is 677. The van der Waals surface area contributed by atoms with Crippen molar-refractivity contribution < 1.29 is 0 Å². The van der Waals surface area contributed by atoms with Gasteiger partial charge in [-0.05, 0) is 48.5 Å². The summed E-state index contributed by atoms with van der Waals surface area (Å²) < 4.78 is 0. The average Bonchev–Trinajstić information content (AvgIpc) is 3.41. The molecule has 0 saturated heterocycles. The number of allylic oxidation sites excluding steroid dienone is 2. The summed E-state index contributed by atoms with van der Waals surface area (Å²) in [6.45, 7) is 14.2. The molecule has 126 valence electrons. The lowest BCUT2D eigenvalue weighted by atomic mass is 10.0. The van der Waals surface area contributed by atoms with Crippen LogP contribution in [0.5, 0.6) is 0 Å². The van der Waals surface area contributed by atoms with E-state index in [1.165, 1.54) is 28.1 Å². The highest BCUT2D eigenvalue weighted by Crippen LogP contribution is 2.42. The van der Waals surface area contributed by atoms with Gasteiger partial charge in [0, 0.05) is 5.56 Å². The van der Waals surface area contributed by atoms with Crippen molar-refractivity contribution in [2.45, 2.75) is 61.3 Å². The lowest BCUT2D eigenvalue weighted by Crippen LogP contribution is -2.34. The van der Waals surface area contributed by atoms with E-state index in [0.29, 0.717) is 0 Å². The maximum atomic E-state index is 4.83. The van der Waals surface area contributed by atoms with Crippen LogP contribution in [0.2, 0.25) is 0 Å². The molecule has 3 aliphatic rings. The Hall–Kier alpha value is -1.63. The third-order valence-electron chi connectivity index (χ3n) is 4.08. The first-order valence-corrected chi connectivity index (χ1v) is 9.40. The van der Waals surface area contributed by atoms with Gasteiger partial charge in [0.25, 0.3) is 0 Å². The summed E-state index contributed by atoms with van der Waals surface area (Å²) in [4.78, 5) is 4.83. The molecule has 0 N–H and O–H groups in total. The number of fused-ring (bicyclic) bond motifs is 3. The van der Waals surface area contributed by atoms with Gasteiger partial charge in [0.1, 0.15) is 0 Å². The summed E-state index contributed by atoms with van der Waals surface area (Å²) in [6.07, 6.45) is 15.9. The lowest BCUT2D eigenvalue weighted by Gasteiger charge is -2.09. The van der Waals surface area contributed by atoms with Crippen LogP contribution in [0, 0.1) is 18.8 Å². The highest BCUT2D eigenvalue weighted by molar-refractivity contribution is 5.68. The second kappa shape index (κ2) is 9.50. The normalized spacial score (nSPS) is 20.8. The molecule has 2 unspecified atom stereocenters. The maximum Gasteiger partial charge on any atom is 0.0709 e. The van der Waals surface area contributed by atoms with E-state index >= 15 is 0 Å². The molecule has 0 bridgehead atoms. The second-order valence-corrected chi connectivity index (χ2v) is 5.27. The molecule has 1 saturated carbocycles. The van der Waals surface area contributed by atoms with E-state index in [9.17, 15) is 0 Å². The minimum absolute atomic E-state index is 0.776. The highest BCUT2D eigenvalue weighted by Gasteiger charge is 2.35. The maximum absolute atomic E-state index is 4.83. The Morgan fingerprint density at radius 3 is 2.17 bits per heavy atom. The molecule has 0 spiro atoms. The van der Waals surface area contributed by atoms with Crippen LogP contribution in [-0.2, 0) is 0 Å². The van der Waals surface area contributed by atoms with E-state index in [1.807, 2.05) is 41.5 Å². The molecule has 1 aromatic rings. The van der Waals surface area contributed by atoms with Crippen LogP contribution < -0.4 is 10.6 Å². The van der Waals surface area contributed by atoms with E-state index in [2.05, 4.69) is 43.4 Å². The summed E-state index contributed by atoms with van der Waals surface area (Å²) in [7, 11) is 0. The number of nitrogens with zero attached hydrogens (tertiary/aromatic N) is 1. The number of hydrogen-bond acceptors (Lipinski definition) is 1. The van der Waals surface area contributed by atoms with Crippen molar-refractivity contribution in [3.63, 3.8) is 0 Å². The predicted octanol–water partition coefficient (Wildman–Crippen LogP) is 5.11. The Morgan fingerprint density at radius 2 is 1.48 bits per heavy atom. The van der Waals surface area contributed by atoms with Crippen LogP contribution in [0.1, 0.15) is 71.2 Å². The lowest BCUT2D eigenvalue weighted by molar-refractivity contribution is 1.02. The number of aromatic nitrogens is 1. The summed E-state index contributed by atoms with van der Waals surface area (Å²) in [5.41, 5.74) is 3.84. The van der Waals surface area contributed by atoms with Crippen LogP contribution in [0.25, 0.3) is 24.3 Å². The van der Waals surface area contributed by atoms with Crippen molar-refractivity contribution in [3.8, 4) is 0 Å². The Morgan fingerprint density at radius 1 is 0.870 bits per heavy atom. The largest absolute Gasteiger partial charge is 0.248 e. The van der Waals surface area contributed by atoms with Crippen molar-refractivity contribution in [1.82, 2.24) is 4.98 Å². The molecule has 4 rings (SSSR count). The van der Waals surface area contributed by atoms with Crippen molar-refractivity contribution >= 4 is 24.3 Å². The minimum Gasteiger partial charge on any atom is -0.248 e. The van der Waals surface area contributed by atoms with Gasteiger partial charge in [-0.2, -0.15) is 0 Å². The molecular weight excluding hydrogens is 278 g/mol. The molecule has 0 aromatic carbocycles. The summed E-state index contributed by atoms with van der Waals surface area (Å²) >= 11 is 0. The Kier molecular flexibility index (Phi) is 8.02. The van der Waals surface area contributed by atoms with Crippen molar-refractivity contribution in [3.05, 3.63) is 39.5 Å². The SMILES string of the molecule is CC.CC.CC.Cc1c2c(nc3c1=CC1CC1C=3)C=CCC=C2. The summed E-state index contributed by atoms with van der Waals surface area (Å²) in [6, 6.07) is 0. The van der Waals surface area contributed by atoms with Crippen molar-refractivity contribution in [1.29, 1.82) is 0 Å². The fourth-order valence-electron chi connectivity index (χ4n) is 2.93. The zero-order valence-corrected chi connectivity index (χ0v) is 16.0. The molecule has 1 aromatic heterocycles. The molecule has 0 aliphatic heterocycles. The first-order chi connectivity index (χ1) is 11.3. The predicted molar refractivity (Wildman–Crippen MR) is 105 cm³/mol. The molecule has 1 heterocycles. The summed E-state index contributed by atoms with van der Waals surface area (Å²) in [5.74, 6) is 1.57. The zero-order valence-electron chi connectivity index (χ0n) is 16.0. The Labute approximate surface area is 142 Å². The van der Waals surface area contributed by atoms with Crippen molar-refractivity contribution in [2.24, 2.45) is 11.8 Å². The standard InChI is InChI=1S/C16H15N.3C2H6/c1-10-13-5-3-2-4-6-15(13)17-16-9-12-7-11(12)8-14(10)16;3*1-2/h3-6,8-9,11-12H,2,7H2,1H3;3*1-2H3. The van der Waals surface area contributed by atoms with Crippen LogP contribution >= 0.6 is 0 Å². The Balaban J connectivity index is 0.000000400. The molecule has 0 amide bonds. The third-order valence-corrected chi connectivity index (χ3v) is 4.08. The van der Waals surface area contributed by atoms with E-state index in [-0.39, 0.29) is 0 Å². The van der Waals surface area contributed by atoms with E-state index in [4.69, 9.17) is 4.98 Å². The minimum atomic E-state index is 0.776. The van der Waals surface area contributed by atoms with Crippen LogP contribution in [0.4, 0.5) is 0 Å². The first kappa shape index (κ1) is 19.4. The van der Waals surface area contributed by atoms with Gasteiger partial charge in [-0.25, -0.2) is 4.98 Å². The molecule has 1 nitrogen and oxygen atoms in total. The van der Waals surface area contributed by atoms with Crippen LogP contribution in [-0.4, -0.2) is 4.98 Å². The molecule has 23 heavy (non-hydrogen) atoms. The monoisotopic (exact) mass is 311 g/mol. The smallest absolute Gasteiger partial charge is 0.0709 e. The summed E-state index contributed by atoms with van der Waals surface area (Å²) in [5, 5.41) is 2.59. The van der Waals surface area contributed by atoms with Gasteiger partial charge in [0.2, 0.25) is 0 Å². The van der Waals surface area contributed by atoms with E-state index in [0.717, 1.165) is 24.0 Å². The van der Waals surface area contributed by atoms with E-state index in [1.54, 1.807) is 0 Å².